The lowest BCUT2D eigenvalue weighted by atomic mass is 9.95. The van der Waals surface area contributed by atoms with Crippen molar-refractivity contribution in [1.82, 2.24) is 15.5 Å². The number of ether oxygens (including phenoxy) is 1. The molecule has 10 heteroatoms. The minimum atomic E-state index is -0.646. The molecular formula is C27H37N5O4S. The van der Waals surface area contributed by atoms with Crippen LogP contribution in [0.15, 0.2) is 34.3 Å². The van der Waals surface area contributed by atoms with Crippen molar-refractivity contribution < 1.29 is 19.1 Å². The predicted octanol–water partition coefficient (Wildman–Crippen LogP) is 3.54. The first-order valence-corrected chi connectivity index (χ1v) is 14.2. The number of aliphatic imine (C=N–C) groups is 2. The molecule has 2 N–H and O–H groups in total. The Morgan fingerprint density at radius 2 is 2.00 bits per heavy atom. The Bertz CT molecular complexity index is 1050. The zero-order valence-electron chi connectivity index (χ0n) is 21.7. The van der Waals surface area contributed by atoms with E-state index in [0.29, 0.717) is 37.0 Å². The number of amides is 3. The number of fused-ring (bicyclic) bond motifs is 3. The number of nitrogens with one attached hydrogen (secondary N) is 2. The van der Waals surface area contributed by atoms with Gasteiger partial charge in [-0.2, -0.15) is 0 Å². The average Bonchev–Trinajstić information content (AvgIpc) is 3.25. The maximum Gasteiger partial charge on any atom is 0.259 e. The van der Waals surface area contributed by atoms with Gasteiger partial charge < -0.3 is 15.4 Å². The smallest absolute Gasteiger partial charge is 0.259 e. The fourth-order valence-electron chi connectivity index (χ4n) is 4.88. The topological polar surface area (TPSA) is 112 Å². The van der Waals surface area contributed by atoms with Gasteiger partial charge in [0.2, 0.25) is 11.8 Å². The lowest BCUT2D eigenvalue weighted by Gasteiger charge is -2.27. The molecule has 2 unspecified atom stereocenters. The first-order valence-electron chi connectivity index (χ1n) is 13.3. The van der Waals surface area contributed by atoms with Crippen LogP contribution in [-0.4, -0.2) is 71.2 Å². The summed E-state index contributed by atoms with van der Waals surface area (Å²) in [6.07, 6.45) is 7.49. The first kappa shape index (κ1) is 27.3. The van der Waals surface area contributed by atoms with Gasteiger partial charge in [0.15, 0.2) is 5.17 Å². The van der Waals surface area contributed by atoms with Crippen molar-refractivity contribution in [3.05, 3.63) is 29.8 Å². The number of hydrogen-bond donors (Lipinski definition) is 2. The Labute approximate surface area is 222 Å². The molecule has 37 heavy (non-hydrogen) atoms. The van der Waals surface area contributed by atoms with Crippen LogP contribution < -0.4 is 10.6 Å². The second-order valence-corrected chi connectivity index (χ2v) is 10.8. The van der Waals surface area contributed by atoms with Gasteiger partial charge in [-0.1, -0.05) is 50.1 Å². The molecule has 3 amide bonds. The zero-order valence-corrected chi connectivity index (χ0v) is 22.5. The van der Waals surface area contributed by atoms with Crippen molar-refractivity contribution in [1.29, 1.82) is 0 Å². The van der Waals surface area contributed by atoms with E-state index >= 15 is 0 Å². The third-order valence-corrected chi connectivity index (χ3v) is 8.21. The summed E-state index contributed by atoms with van der Waals surface area (Å²) in [5, 5.41) is 6.13. The number of rotatable bonds is 11. The van der Waals surface area contributed by atoms with Gasteiger partial charge in [-0.3, -0.25) is 19.4 Å². The van der Waals surface area contributed by atoms with E-state index in [2.05, 4.69) is 10.6 Å². The van der Waals surface area contributed by atoms with Gasteiger partial charge in [0.05, 0.1) is 10.9 Å². The van der Waals surface area contributed by atoms with E-state index in [9.17, 15) is 14.4 Å². The number of hydrogen-bond acceptors (Lipinski definition) is 7. The fraction of sp³-hybridized carbons (Fsp3) is 0.593. The van der Waals surface area contributed by atoms with Gasteiger partial charge in [-0.15, -0.1) is 0 Å². The van der Waals surface area contributed by atoms with Crippen molar-refractivity contribution in [2.45, 2.75) is 82.0 Å². The van der Waals surface area contributed by atoms with E-state index in [4.69, 9.17) is 14.7 Å². The van der Waals surface area contributed by atoms with Crippen molar-refractivity contribution >= 4 is 46.2 Å². The van der Waals surface area contributed by atoms with Gasteiger partial charge in [0.25, 0.3) is 5.91 Å². The van der Waals surface area contributed by atoms with Crippen LogP contribution in [0.4, 0.5) is 5.69 Å². The van der Waals surface area contributed by atoms with Crippen molar-refractivity contribution in [3.8, 4) is 0 Å². The Morgan fingerprint density at radius 1 is 1.22 bits per heavy atom. The molecule has 0 aromatic heterocycles. The summed E-state index contributed by atoms with van der Waals surface area (Å²) in [5.41, 5.74) is 1.50. The highest BCUT2D eigenvalue weighted by Gasteiger charge is 2.42. The van der Waals surface area contributed by atoms with Crippen LogP contribution in [0.5, 0.6) is 0 Å². The Balaban J connectivity index is 1.45. The number of carbonyl (C=O) groups excluding carboxylic acids is 3. The second-order valence-electron chi connectivity index (χ2n) is 9.65. The molecule has 200 valence electrons. The molecule has 0 spiro atoms. The molecule has 0 bridgehead atoms. The van der Waals surface area contributed by atoms with Crippen LogP contribution in [0.1, 0.15) is 70.3 Å². The van der Waals surface area contributed by atoms with Crippen LogP contribution in [0.25, 0.3) is 0 Å². The van der Waals surface area contributed by atoms with E-state index in [1.54, 1.807) is 7.11 Å². The summed E-state index contributed by atoms with van der Waals surface area (Å²) in [5.74, 6) is 0.235. The fourth-order valence-corrected chi connectivity index (χ4v) is 5.92. The highest BCUT2D eigenvalue weighted by atomic mass is 32.2. The Kier molecular flexibility index (Phi) is 9.74. The zero-order chi connectivity index (χ0) is 26.2. The van der Waals surface area contributed by atoms with Crippen molar-refractivity contribution in [2.24, 2.45) is 9.98 Å². The highest BCUT2D eigenvalue weighted by molar-refractivity contribution is 8.15. The lowest BCUT2D eigenvalue weighted by Crippen LogP contribution is -2.43. The highest BCUT2D eigenvalue weighted by Crippen LogP contribution is 2.35. The minimum Gasteiger partial charge on any atom is -0.385 e. The number of nitrogens with zero attached hydrogens (tertiary/aromatic N) is 3. The molecule has 1 saturated carbocycles. The molecule has 1 aromatic carbocycles. The molecule has 0 radical (unpaired) electrons. The molecule has 0 saturated heterocycles. The van der Waals surface area contributed by atoms with Gasteiger partial charge in [-0.05, 0) is 44.2 Å². The second kappa shape index (κ2) is 13.2. The SMILES string of the molecule is CCC(SC1=Nc2ccccc2C2=NC(CCC(=O)NC3CCCCC3)C(=O)N12)C(=O)NCCCOC. The predicted molar refractivity (Wildman–Crippen MR) is 146 cm³/mol. The number of thioether (sulfide) groups is 1. The summed E-state index contributed by atoms with van der Waals surface area (Å²) in [4.78, 5) is 50.0. The third kappa shape index (κ3) is 6.78. The van der Waals surface area contributed by atoms with Crippen LogP contribution in [-0.2, 0) is 19.1 Å². The number of carbonyl (C=O) groups is 3. The van der Waals surface area contributed by atoms with E-state index in [1.165, 1.54) is 23.1 Å². The minimum absolute atomic E-state index is 0.0235. The quantitative estimate of drug-likeness (QED) is 0.428. The third-order valence-electron chi connectivity index (χ3n) is 6.90. The standard InChI is InChI=1S/C27H37N5O4S/c1-3-22(25(34)28-16-9-17-36-2)37-27-31-20-13-8-7-12-19(20)24-30-21(26(35)32(24)27)14-15-23(33)29-18-10-5-4-6-11-18/h7-8,12-13,18,21-22H,3-6,9-11,14-17H2,1-2H3,(H,28,34)(H,29,33). The summed E-state index contributed by atoms with van der Waals surface area (Å²) >= 11 is 1.28. The van der Waals surface area contributed by atoms with Gasteiger partial charge >= 0.3 is 0 Å². The molecule has 2 heterocycles. The van der Waals surface area contributed by atoms with Crippen molar-refractivity contribution in [3.63, 3.8) is 0 Å². The summed E-state index contributed by atoms with van der Waals surface area (Å²) < 4.78 is 5.05. The summed E-state index contributed by atoms with van der Waals surface area (Å²) in [6.45, 7) is 3.05. The number of amidine groups is 2. The Morgan fingerprint density at radius 3 is 2.76 bits per heavy atom. The summed E-state index contributed by atoms with van der Waals surface area (Å²) in [6, 6.07) is 7.17. The van der Waals surface area contributed by atoms with Crippen LogP contribution in [0, 0.1) is 0 Å². The Hall–Kier alpha value is -2.72. The average molecular weight is 528 g/mol. The summed E-state index contributed by atoms with van der Waals surface area (Å²) in [7, 11) is 1.63. The molecule has 2 atom stereocenters. The lowest BCUT2D eigenvalue weighted by molar-refractivity contribution is -0.125. The van der Waals surface area contributed by atoms with Crippen LogP contribution in [0.3, 0.4) is 0 Å². The largest absolute Gasteiger partial charge is 0.385 e. The van der Waals surface area contributed by atoms with Crippen molar-refractivity contribution in [2.75, 3.05) is 20.3 Å². The van der Waals surface area contributed by atoms with E-state index in [-0.39, 0.29) is 30.2 Å². The first-order chi connectivity index (χ1) is 18.0. The van der Waals surface area contributed by atoms with Gasteiger partial charge in [0.1, 0.15) is 11.9 Å². The molecule has 1 fully saturated rings. The van der Waals surface area contributed by atoms with E-state index in [0.717, 1.165) is 43.4 Å². The molecule has 2 aliphatic heterocycles. The van der Waals surface area contributed by atoms with E-state index < -0.39 is 11.3 Å². The van der Waals surface area contributed by atoms with Crippen LogP contribution in [0.2, 0.25) is 0 Å². The molecule has 1 aliphatic carbocycles. The maximum absolute atomic E-state index is 13.5. The normalized spacial score (nSPS) is 20.0. The van der Waals surface area contributed by atoms with Crippen LogP contribution >= 0.6 is 11.8 Å². The number of para-hydroxylation sites is 1. The molecule has 9 nitrogen and oxygen atoms in total. The van der Waals surface area contributed by atoms with Gasteiger partial charge in [-0.25, -0.2) is 9.89 Å². The monoisotopic (exact) mass is 527 g/mol. The van der Waals surface area contributed by atoms with E-state index in [1.807, 2.05) is 31.2 Å². The van der Waals surface area contributed by atoms with Gasteiger partial charge in [0, 0.05) is 38.3 Å². The molecule has 3 aliphatic rings. The maximum atomic E-state index is 13.5. The molecule has 1 aromatic rings. The molecule has 4 rings (SSSR count). The number of methoxy groups -OCH3 is 1. The molecular weight excluding hydrogens is 490 g/mol. The number of benzene rings is 1.